The van der Waals surface area contributed by atoms with Crippen molar-refractivity contribution in [2.24, 2.45) is 0 Å². The summed E-state index contributed by atoms with van der Waals surface area (Å²) >= 11 is 0. The molecule has 6 nitrogen and oxygen atoms in total. The molecule has 4 aromatic rings. The molecule has 0 saturated carbocycles. The number of aromatic nitrogens is 2. The third-order valence-corrected chi connectivity index (χ3v) is 5.88. The summed E-state index contributed by atoms with van der Waals surface area (Å²) in [5, 5.41) is 3.14. The van der Waals surface area contributed by atoms with Crippen LogP contribution in [0.3, 0.4) is 0 Å². The number of nitrogens with zero attached hydrogens (tertiary/aromatic N) is 2. The van der Waals surface area contributed by atoms with Crippen LogP contribution in [-0.4, -0.2) is 29.2 Å². The molecule has 6 heteroatoms. The van der Waals surface area contributed by atoms with E-state index in [0.29, 0.717) is 12.2 Å². The first kappa shape index (κ1) is 23.4. The SMILES string of the molecule is COc1cccc(OCCCn2c(C(C)NC(=O)c3ccc(C)cc3C)nc3ccccc32)c1. The highest BCUT2D eigenvalue weighted by Gasteiger charge is 2.19. The number of imidazole rings is 1. The summed E-state index contributed by atoms with van der Waals surface area (Å²) in [6.45, 7) is 7.25. The Hall–Kier alpha value is -3.80. The van der Waals surface area contributed by atoms with Gasteiger partial charge < -0.3 is 19.4 Å². The number of hydrogen-bond donors (Lipinski definition) is 1. The molecule has 0 spiro atoms. The smallest absolute Gasteiger partial charge is 0.252 e. The van der Waals surface area contributed by atoms with Crippen molar-refractivity contribution >= 4 is 16.9 Å². The van der Waals surface area contributed by atoms with E-state index in [-0.39, 0.29) is 11.9 Å². The summed E-state index contributed by atoms with van der Waals surface area (Å²) in [6, 6.07) is 21.3. The third kappa shape index (κ3) is 5.22. The van der Waals surface area contributed by atoms with Crippen LogP contribution < -0.4 is 14.8 Å². The van der Waals surface area contributed by atoms with Crippen molar-refractivity contribution < 1.29 is 14.3 Å². The number of carbonyl (C=O) groups is 1. The molecule has 1 aromatic heterocycles. The van der Waals surface area contributed by atoms with Gasteiger partial charge in [0.1, 0.15) is 17.3 Å². The van der Waals surface area contributed by atoms with Gasteiger partial charge in [-0.2, -0.15) is 0 Å². The van der Waals surface area contributed by atoms with E-state index < -0.39 is 0 Å². The molecule has 3 aromatic carbocycles. The minimum Gasteiger partial charge on any atom is -0.497 e. The summed E-state index contributed by atoms with van der Waals surface area (Å²) in [5.74, 6) is 2.29. The van der Waals surface area contributed by atoms with Crippen LogP contribution in [0.2, 0.25) is 0 Å². The first-order valence-electron chi connectivity index (χ1n) is 11.6. The van der Waals surface area contributed by atoms with E-state index in [4.69, 9.17) is 14.5 Å². The number of carbonyl (C=O) groups excluding carboxylic acids is 1. The highest BCUT2D eigenvalue weighted by molar-refractivity contribution is 5.96. The van der Waals surface area contributed by atoms with Crippen molar-refractivity contribution in [3.05, 3.63) is 89.2 Å². The molecule has 176 valence electrons. The van der Waals surface area contributed by atoms with Crippen molar-refractivity contribution in [3.8, 4) is 11.5 Å². The molecule has 1 heterocycles. The van der Waals surface area contributed by atoms with Crippen LogP contribution in [0.5, 0.6) is 11.5 Å². The number of ether oxygens (including phenoxy) is 2. The standard InChI is InChI=1S/C28H31N3O3/c1-19-13-14-24(20(2)17-19)28(32)29-21(3)27-30-25-11-5-6-12-26(25)31(27)15-8-16-34-23-10-7-9-22(18-23)33-4/h5-7,9-14,17-18,21H,8,15-16H2,1-4H3,(H,29,32). The lowest BCUT2D eigenvalue weighted by Crippen LogP contribution is -2.29. The van der Waals surface area contributed by atoms with Crippen LogP contribution in [-0.2, 0) is 6.54 Å². The number of hydrogen-bond acceptors (Lipinski definition) is 4. The fourth-order valence-electron chi connectivity index (χ4n) is 4.17. The third-order valence-electron chi connectivity index (χ3n) is 5.88. The molecular weight excluding hydrogens is 426 g/mol. The van der Waals surface area contributed by atoms with E-state index >= 15 is 0 Å². The molecule has 1 atom stereocenters. The Labute approximate surface area is 200 Å². The molecule has 0 aliphatic rings. The monoisotopic (exact) mass is 457 g/mol. The lowest BCUT2D eigenvalue weighted by molar-refractivity contribution is 0.0937. The number of methoxy groups -OCH3 is 1. The van der Waals surface area contributed by atoms with Gasteiger partial charge in [-0.1, -0.05) is 35.9 Å². The van der Waals surface area contributed by atoms with Gasteiger partial charge in [-0.05, 0) is 63.1 Å². The maximum atomic E-state index is 13.0. The van der Waals surface area contributed by atoms with Gasteiger partial charge in [-0.3, -0.25) is 4.79 Å². The number of aryl methyl sites for hydroxylation is 3. The summed E-state index contributed by atoms with van der Waals surface area (Å²) in [4.78, 5) is 17.8. The zero-order valence-corrected chi connectivity index (χ0v) is 20.2. The largest absolute Gasteiger partial charge is 0.497 e. The van der Waals surface area contributed by atoms with E-state index in [2.05, 4.69) is 16.0 Å². The molecule has 0 fully saturated rings. The Morgan fingerprint density at radius 3 is 2.62 bits per heavy atom. The van der Waals surface area contributed by atoms with E-state index in [1.807, 2.05) is 81.4 Å². The highest BCUT2D eigenvalue weighted by atomic mass is 16.5. The normalized spacial score (nSPS) is 11.9. The van der Waals surface area contributed by atoms with Gasteiger partial charge in [-0.25, -0.2) is 4.98 Å². The van der Waals surface area contributed by atoms with Gasteiger partial charge in [0.2, 0.25) is 0 Å². The lowest BCUT2D eigenvalue weighted by atomic mass is 10.0. The number of nitrogens with one attached hydrogen (secondary N) is 1. The average molecular weight is 458 g/mol. The van der Waals surface area contributed by atoms with E-state index in [0.717, 1.165) is 52.4 Å². The number of benzene rings is 3. The van der Waals surface area contributed by atoms with Crippen LogP contribution in [0.4, 0.5) is 0 Å². The molecular formula is C28H31N3O3. The molecule has 0 saturated heterocycles. The Morgan fingerprint density at radius 1 is 1.03 bits per heavy atom. The fraction of sp³-hybridized carbons (Fsp3) is 0.286. The van der Waals surface area contributed by atoms with Gasteiger partial charge >= 0.3 is 0 Å². The van der Waals surface area contributed by atoms with E-state index in [1.165, 1.54) is 0 Å². The molecule has 0 radical (unpaired) electrons. The zero-order chi connectivity index (χ0) is 24.1. The second-order valence-corrected chi connectivity index (χ2v) is 8.50. The fourth-order valence-corrected chi connectivity index (χ4v) is 4.17. The minimum atomic E-state index is -0.250. The van der Waals surface area contributed by atoms with E-state index in [9.17, 15) is 4.79 Å². The van der Waals surface area contributed by atoms with Crippen molar-refractivity contribution in [3.63, 3.8) is 0 Å². The quantitative estimate of drug-likeness (QED) is 0.331. The molecule has 1 N–H and O–H groups in total. The van der Waals surface area contributed by atoms with Crippen LogP contribution >= 0.6 is 0 Å². The lowest BCUT2D eigenvalue weighted by Gasteiger charge is -2.17. The second kappa shape index (κ2) is 10.4. The van der Waals surface area contributed by atoms with E-state index in [1.54, 1.807) is 7.11 Å². The summed E-state index contributed by atoms with van der Waals surface area (Å²) in [7, 11) is 1.64. The molecule has 0 aliphatic heterocycles. The van der Waals surface area contributed by atoms with Crippen LogP contribution in [0.25, 0.3) is 11.0 Å². The first-order valence-corrected chi connectivity index (χ1v) is 11.6. The van der Waals surface area contributed by atoms with Gasteiger partial charge in [0, 0.05) is 18.2 Å². The summed E-state index contributed by atoms with van der Waals surface area (Å²) in [6.07, 6.45) is 0.794. The molecule has 1 unspecified atom stereocenters. The topological polar surface area (TPSA) is 65.4 Å². The Bertz CT molecular complexity index is 1300. The van der Waals surface area contributed by atoms with Gasteiger partial charge in [0.25, 0.3) is 5.91 Å². The van der Waals surface area contributed by atoms with Crippen molar-refractivity contribution in [1.29, 1.82) is 0 Å². The maximum Gasteiger partial charge on any atom is 0.252 e. The highest BCUT2D eigenvalue weighted by Crippen LogP contribution is 2.23. The molecule has 34 heavy (non-hydrogen) atoms. The van der Waals surface area contributed by atoms with Gasteiger partial charge in [0.15, 0.2) is 0 Å². The zero-order valence-electron chi connectivity index (χ0n) is 20.2. The molecule has 0 aliphatic carbocycles. The number of para-hydroxylation sites is 2. The molecule has 4 rings (SSSR count). The predicted octanol–water partition coefficient (Wildman–Crippen LogP) is 5.62. The summed E-state index contributed by atoms with van der Waals surface area (Å²) < 4.78 is 13.4. The van der Waals surface area contributed by atoms with Crippen molar-refractivity contribution in [1.82, 2.24) is 14.9 Å². The Balaban J connectivity index is 1.48. The maximum absolute atomic E-state index is 13.0. The summed E-state index contributed by atoms with van der Waals surface area (Å²) in [5.41, 5.74) is 4.75. The van der Waals surface area contributed by atoms with Gasteiger partial charge in [0.05, 0.1) is 30.8 Å². The first-order chi connectivity index (χ1) is 16.5. The van der Waals surface area contributed by atoms with Crippen LogP contribution in [0.15, 0.2) is 66.7 Å². The van der Waals surface area contributed by atoms with Crippen molar-refractivity contribution in [2.45, 2.75) is 39.8 Å². The number of amides is 1. The van der Waals surface area contributed by atoms with Crippen molar-refractivity contribution in [2.75, 3.05) is 13.7 Å². The number of rotatable bonds is 9. The second-order valence-electron chi connectivity index (χ2n) is 8.50. The molecule has 1 amide bonds. The van der Waals surface area contributed by atoms with Gasteiger partial charge in [-0.15, -0.1) is 0 Å². The predicted molar refractivity (Wildman–Crippen MR) is 135 cm³/mol. The Morgan fingerprint density at radius 2 is 1.82 bits per heavy atom. The Kier molecular flexibility index (Phi) is 7.16. The average Bonchev–Trinajstić information content (AvgIpc) is 3.20. The van der Waals surface area contributed by atoms with Crippen LogP contribution in [0.1, 0.15) is 46.7 Å². The van der Waals surface area contributed by atoms with Crippen LogP contribution in [0, 0.1) is 13.8 Å². The molecule has 0 bridgehead atoms. The minimum absolute atomic E-state index is 0.0926. The number of fused-ring (bicyclic) bond motifs is 1.